The Bertz CT molecular complexity index is 849. The van der Waals surface area contributed by atoms with Gasteiger partial charge in [-0.15, -0.1) is 0 Å². The van der Waals surface area contributed by atoms with E-state index in [1.807, 2.05) is 0 Å². The van der Waals surface area contributed by atoms with Gasteiger partial charge in [0.1, 0.15) is 17.2 Å². The molecule has 1 aromatic carbocycles. The summed E-state index contributed by atoms with van der Waals surface area (Å²) in [5, 5.41) is 2.61. The highest BCUT2D eigenvalue weighted by Crippen LogP contribution is 2.39. The van der Waals surface area contributed by atoms with E-state index in [-0.39, 0.29) is 29.8 Å². The molecule has 28 heavy (non-hydrogen) atoms. The van der Waals surface area contributed by atoms with Crippen molar-refractivity contribution in [1.29, 1.82) is 0 Å². The smallest absolute Gasteiger partial charge is 0.321 e. The number of benzene rings is 1. The number of likely N-dealkylation sites (tertiary alicyclic amines) is 1. The first-order chi connectivity index (χ1) is 13.3. The topological polar surface area (TPSA) is 105 Å². The number of methoxy groups -OCH3 is 1. The van der Waals surface area contributed by atoms with E-state index >= 15 is 0 Å². The van der Waals surface area contributed by atoms with E-state index in [0.717, 1.165) is 0 Å². The third-order valence-electron chi connectivity index (χ3n) is 5.37. The number of amides is 2. The summed E-state index contributed by atoms with van der Waals surface area (Å²) in [5.74, 6) is -0.356. The fourth-order valence-electron chi connectivity index (χ4n) is 3.65. The van der Waals surface area contributed by atoms with E-state index in [4.69, 9.17) is 9.47 Å². The lowest BCUT2D eigenvalue weighted by atomic mass is 9.79. The molecule has 0 radical (unpaired) electrons. The first-order valence-electron chi connectivity index (χ1n) is 9.07. The summed E-state index contributed by atoms with van der Waals surface area (Å²) in [6.07, 6.45) is 1.13. The molecule has 3 rings (SSSR count). The predicted molar refractivity (Wildman–Crippen MR) is 100 cm³/mol. The second-order valence-corrected chi connectivity index (χ2v) is 9.03. The van der Waals surface area contributed by atoms with E-state index < -0.39 is 21.4 Å². The highest BCUT2D eigenvalue weighted by Gasteiger charge is 2.44. The summed E-state index contributed by atoms with van der Waals surface area (Å²) < 4.78 is 38.3. The van der Waals surface area contributed by atoms with Crippen molar-refractivity contribution in [3.8, 4) is 5.75 Å². The summed E-state index contributed by atoms with van der Waals surface area (Å²) in [7, 11) is -1.14. The number of sulfonamides is 1. The molecule has 1 aromatic rings. The number of piperidine rings is 1. The SMILES string of the molecule is CNC(=O)N1CCC2(CC1)COc1ccccc1S(=O)(=O)N(CC(=O)OC)C2. The van der Waals surface area contributed by atoms with Crippen molar-refractivity contribution in [2.45, 2.75) is 17.7 Å². The number of fused-ring (bicyclic) bond motifs is 1. The van der Waals surface area contributed by atoms with Gasteiger partial charge in [0, 0.05) is 32.1 Å². The lowest BCUT2D eigenvalue weighted by Crippen LogP contribution is -2.54. The van der Waals surface area contributed by atoms with Crippen molar-refractivity contribution in [2.24, 2.45) is 5.41 Å². The van der Waals surface area contributed by atoms with Gasteiger partial charge in [-0.05, 0) is 25.0 Å². The van der Waals surface area contributed by atoms with Crippen LogP contribution in [0.4, 0.5) is 4.79 Å². The summed E-state index contributed by atoms with van der Waals surface area (Å²) in [6, 6.07) is 6.26. The summed E-state index contributed by atoms with van der Waals surface area (Å²) in [6.45, 7) is 1.03. The van der Waals surface area contributed by atoms with Gasteiger partial charge in [0.15, 0.2) is 0 Å². The molecule has 1 saturated heterocycles. The van der Waals surface area contributed by atoms with Gasteiger partial charge < -0.3 is 19.7 Å². The Kier molecular flexibility index (Phi) is 5.80. The number of rotatable bonds is 2. The number of hydrogen-bond acceptors (Lipinski definition) is 6. The molecular formula is C18H25N3O6S. The zero-order valence-corrected chi connectivity index (χ0v) is 16.8. The first kappa shape index (κ1) is 20.4. The normalized spacial score (nSPS) is 21.0. The largest absolute Gasteiger partial charge is 0.492 e. The molecule has 0 aromatic heterocycles. The van der Waals surface area contributed by atoms with Crippen LogP contribution in [-0.2, 0) is 19.6 Å². The minimum absolute atomic E-state index is 0.0385. The molecule has 0 bridgehead atoms. The molecular weight excluding hydrogens is 386 g/mol. The van der Waals surface area contributed by atoms with Crippen molar-refractivity contribution in [3.05, 3.63) is 24.3 Å². The lowest BCUT2D eigenvalue weighted by molar-refractivity contribution is -0.141. The molecule has 10 heteroatoms. The van der Waals surface area contributed by atoms with Crippen LogP contribution in [0.1, 0.15) is 12.8 Å². The molecule has 1 fully saturated rings. The Morgan fingerprint density at radius 3 is 2.57 bits per heavy atom. The minimum atomic E-state index is -3.94. The van der Waals surface area contributed by atoms with Gasteiger partial charge in [-0.1, -0.05) is 12.1 Å². The molecule has 2 aliphatic rings. The maximum absolute atomic E-state index is 13.2. The van der Waals surface area contributed by atoms with Crippen molar-refractivity contribution in [2.75, 3.05) is 46.9 Å². The molecule has 2 heterocycles. The van der Waals surface area contributed by atoms with E-state index in [9.17, 15) is 18.0 Å². The van der Waals surface area contributed by atoms with Gasteiger partial charge in [-0.25, -0.2) is 13.2 Å². The highest BCUT2D eigenvalue weighted by atomic mass is 32.2. The number of carbonyl (C=O) groups excluding carboxylic acids is 2. The number of para-hydroxylation sites is 1. The molecule has 0 unspecified atom stereocenters. The highest BCUT2D eigenvalue weighted by molar-refractivity contribution is 7.89. The van der Waals surface area contributed by atoms with Crippen LogP contribution in [0.3, 0.4) is 0 Å². The third kappa shape index (κ3) is 3.93. The van der Waals surface area contributed by atoms with Crippen molar-refractivity contribution < 1.29 is 27.5 Å². The Balaban J connectivity index is 1.94. The van der Waals surface area contributed by atoms with Gasteiger partial charge in [-0.3, -0.25) is 4.79 Å². The maximum Gasteiger partial charge on any atom is 0.321 e. The Hall–Kier alpha value is -2.33. The Labute approximate surface area is 164 Å². The van der Waals surface area contributed by atoms with Crippen molar-refractivity contribution in [1.82, 2.24) is 14.5 Å². The maximum atomic E-state index is 13.2. The van der Waals surface area contributed by atoms with Crippen LogP contribution in [-0.4, -0.2) is 76.6 Å². The Morgan fingerprint density at radius 2 is 1.93 bits per heavy atom. The molecule has 9 nitrogen and oxygen atoms in total. The number of hydrogen-bond donors (Lipinski definition) is 1. The van der Waals surface area contributed by atoms with Crippen LogP contribution in [0.25, 0.3) is 0 Å². The molecule has 0 saturated carbocycles. The standard InChI is InChI=1S/C18H25N3O6S/c1-19-17(23)20-9-7-18(8-10-20)12-21(11-16(22)26-2)28(24,25)15-6-4-3-5-14(15)27-13-18/h3-6H,7-13H2,1-2H3,(H,19,23). The lowest BCUT2D eigenvalue weighted by Gasteiger charge is -2.44. The number of urea groups is 1. The number of ether oxygens (including phenoxy) is 2. The fourth-order valence-corrected chi connectivity index (χ4v) is 5.28. The zero-order valence-electron chi connectivity index (χ0n) is 16.0. The average Bonchev–Trinajstić information content (AvgIpc) is 2.71. The fraction of sp³-hybridized carbons (Fsp3) is 0.556. The van der Waals surface area contributed by atoms with E-state index in [2.05, 4.69) is 5.32 Å². The van der Waals surface area contributed by atoms with Crippen molar-refractivity contribution >= 4 is 22.0 Å². The van der Waals surface area contributed by atoms with Crippen LogP contribution in [0.5, 0.6) is 5.75 Å². The average molecular weight is 411 g/mol. The minimum Gasteiger partial charge on any atom is -0.492 e. The molecule has 2 aliphatic heterocycles. The van der Waals surface area contributed by atoms with Crippen LogP contribution < -0.4 is 10.1 Å². The van der Waals surface area contributed by atoms with Crippen LogP contribution in [0.15, 0.2) is 29.2 Å². The summed E-state index contributed by atoms with van der Waals surface area (Å²) in [4.78, 5) is 25.5. The van der Waals surface area contributed by atoms with Gasteiger partial charge in [0.2, 0.25) is 10.0 Å². The van der Waals surface area contributed by atoms with Crippen LogP contribution in [0.2, 0.25) is 0 Å². The Morgan fingerprint density at radius 1 is 1.25 bits per heavy atom. The predicted octanol–water partition coefficient (Wildman–Crippen LogP) is 0.664. The number of nitrogens with one attached hydrogen (secondary N) is 1. The summed E-state index contributed by atoms with van der Waals surface area (Å²) >= 11 is 0. The molecule has 154 valence electrons. The number of esters is 1. The van der Waals surface area contributed by atoms with Crippen LogP contribution >= 0.6 is 0 Å². The number of nitrogens with zero attached hydrogens (tertiary/aromatic N) is 2. The van der Waals surface area contributed by atoms with Gasteiger partial charge in [0.25, 0.3) is 0 Å². The zero-order chi connectivity index (χ0) is 20.4. The van der Waals surface area contributed by atoms with E-state index in [1.165, 1.54) is 17.5 Å². The second kappa shape index (κ2) is 7.96. The second-order valence-electron chi connectivity index (χ2n) is 7.13. The third-order valence-corrected chi connectivity index (χ3v) is 7.20. The van der Waals surface area contributed by atoms with E-state index in [1.54, 1.807) is 30.1 Å². The molecule has 0 atom stereocenters. The molecule has 1 N–H and O–H groups in total. The van der Waals surface area contributed by atoms with Gasteiger partial charge in [0.05, 0.1) is 13.7 Å². The molecule has 0 aliphatic carbocycles. The van der Waals surface area contributed by atoms with Crippen molar-refractivity contribution in [3.63, 3.8) is 0 Å². The molecule has 2 amide bonds. The molecule has 1 spiro atoms. The first-order valence-corrected chi connectivity index (χ1v) is 10.5. The quantitative estimate of drug-likeness (QED) is 0.717. The van der Waals surface area contributed by atoms with Gasteiger partial charge in [-0.2, -0.15) is 4.31 Å². The number of carbonyl (C=O) groups is 2. The summed E-state index contributed by atoms with van der Waals surface area (Å²) in [5.41, 5.74) is -0.501. The monoisotopic (exact) mass is 411 g/mol. The van der Waals surface area contributed by atoms with Gasteiger partial charge >= 0.3 is 12.0 Å². The van der Waals surface area contributed by atoms with Crippen LogP contribution in [0, 0.1) is 5.41 Å². The van der Waals surface area contributed by atoms with E-state index in [0.29, 0.717) is 32.5 Å².